The third-order valence-corrected chi connectivity index (χ3v) is 5.67. The highest BCUT2D eigenvalue weighted by molar-refractivity contribution is 7.89. The molecule has 2 aromatic carbocycles. The minimum Gasteiger partial charge on any atom is -0.348 e. The zero-order valence-corrected chi connectivity index (χ0v) is 14.9. The van der Waals surface area contributed by atoms with Crippen LogP contribution in [0.1, 0.15) is 24.1 Å². The van der Waals surface area contributed by atoms with Crippen LogP contribution >= 0.6 is 0 Å². The van der Waals surface area contributed by atoms with Crippen molar-refractivity contribution in [3.05, 3.63) is 65.7 Å². The number of sulfonamides is 1. The van der Waals surface area contributed by atoms with E-state index in [1.807, 2.05) is 38.1 Å². The molecule has 0 fully saturated rings. The number of aryl methyl sites for hydroxylation is 1. The average molecular weight is 346 g/mol. The van der Waals surface area contributed by atoms with Gasteiger partial charge in [-0.3, -0.25) is 4.79 Å². The zero-order chi connectivity index (χ0) is 17.7. The van der Waals surface area contributed by atoms with Crippen molar-refractivity contribution >= 4 is 15.9 Å². The van der Waals surface area contributed by atoms with Gasteiger partial charge in [0.15, 0.2) is 0 Å². The van der Waals surface area contributed by atoms with Crippen LogP contribution in [0.15, 0.2) is 59.5 Å². The second-order valence-electron chi connectivity index (χ2n) is 5.72. The monoisotopic (exact) mass is 346 g/mol. The standard InChI is InChI=1S/C18H22N2O3S/c1-14-9-7-8-12-17(14)15(2)19-18(21)13-20(3)24(22,23)16-10-5-4-6-11-16/h4-12,15H,13H2,1-3H3,(H,19,21). The maximum atomic E-state index is 12.4. The van der Waals surface area contributed by atoms with Gasteiger partial charge in [-0.05, 0) is 37.1 Å². The summed E-state index contributed by atoms with van der Waals surface area (Å²) in [4.78, 5) is 12.4. The maximum Gasteiger partial charge on any atom is 0.243 e. The summed E-state index contributed by atoms with van der Waals surface area (Å²) in [6, 6.07) is 15.7. The summed E-state index contributed by atoms with van der Waals surface area (Å²) in [5, 5.41) is 2.85. The average Bonchev–Trinajstić information content (AvgIpc) is 2.55. The van der Waals surface area contributed by atoms with Crippen molar-refractivity contribution in [2.75, 3.05) is 13.6 Å². The highest BCUT2D eigenvalue weighted by Crippen LogP contribution is 2.17. The molecule has 1 N–H and O–H groups in total. The van der Waals surface area contributed by atoms with Gasteiger partial charge in [-0.2, -0.15) is 4.31 Å². The van der Waals surface area contributed by atoms with Gasteiger partial charge in [0.25, 0.3) is 0 Å². The smallest absolute Gasteiger partial charge is 0.243 e. The molecule has 0 bridgehead atoms. The molecule has 0 aromatic heterocycles. The van der Waals surface area contributed by atoms with Crippen LogP contribution in [-0.2, 0) is 14.8 Å². The predicted molar refractivity (Wildman–Crippen MR) is 94.0 cm³/mol. The van der Waals surface area contributed by atoms with Gasteiger partial charge in [-0.1, -0.05) is 42.5 Å². The summed E-state index contributed by atoms with van der Waals surface area (Å²) in [6.45, 7) is 3.63. The molecule has 1 unspecified atom stereocenters. The number of rotatable bonds is 6. The Hall–Kier alpha value is -2.18. The minimum atomic E-state index is -3.67. The number of amides is 1. The molecule has 0 aliphatic heterocycles. The van der Waals surface area contributed by atoms with E-state index < -0.39 is 10.0 Å². The van der Waals surface area contributed by atoms with E-state index in [0.29, 0.717) is 0 Å². The van der Waals surface area contributed by atoms with Crippen LogP contribution in [-0.4, -0.2) is 32.2 Å². The van der Waals surface area contributed by atoms with E-state index in [2.05, 4.69) is 5.32 Å². The number of likely N-dealkylation sites (N-methyl/N-ethyl adjacent to an activating group) is 1. The van der Waals surface area contributed by atoms with Crippen molar-refractivity contribution in [1.29, 1.82) is 0 Å². The van der Waals surface area contributed by atoms with Gasteiger partial charge in [0.2, 0.25) is 15.9 Å². The van der Waals surface area contributed by atoms with Crippen LogP contribution in [0.3, 0.4) is 0 Å². The summed E-state index contributed by atoms with van der Waals surface area (Å²) < 4.78 is 25.9. The Kier molecular flexibility index (Phi) is 5.75. The molecule has 1 atom stereocenters. The van der Waals surface area contributed by atoms with Crippen LogP contribution in [0.25, 0.3) is 0 Å². The quantitative estimate of drug-likeness (QED) is 0.874. The summed E-state index contributed by atoms with van der Waals surface area (Å²) in [5.74, 6) is -0.340. The Bertz CT molecular complexity index is 804. The van der Waals surface area contributed by atoms with E-state index in [4.69, 9.17) is 0 Å². The van der Waals surface area contributed by atoms with Gasteiger partial charge in [-0.15, -0.1) is 0 Å². The fourth-order valence-electron chi connectivity index (χ4n) is 2.50. The van der Waals surface area contributed by atoms with Crippen LogP contribution < -0.4 is 5.32 Å². The lowest BCUT2D eigenvalue weighted by Crippen LogP contribution is -2.39. The number of nitrogens with one attached hydrogen (secondary N) is 1. The fourth-order valence-corrected chi connectivity index (χ4v) is 3.65. The molecular weight excluding hydrogens is 324 g/mol. The van der Waals surface area contributed by atoms with Crippen molar-refractivity contribution < 1.29 is 13.2 Å². The van der Waals surface area contributed by atoms with E-state index in [1.54, 1.807) is 18.2 Å². The Morgan fingerprint density at radius 2 is 1.67 bits per heavy atom. The molecule has 128 valence electrons. The number of benzene rings is 2. The number of carbonyl (C=O) groups excluding carboxylic acids is 1. The van der Waals surface area contributed by atoms with Crippen molar-refractivity contribution in [1.82, 2.24) is 9.62 Å². The van der Waals surface area contributed by atoms with Crippen molar-refractivity contribution in [3.8, 4) is 0 Å². The summed E-state index contributed by atoms with van der Waals surface area (Å²) in [5.41, 5.74) is 2.09. The molecule has 0 heterocycles. The van der Waals surface area contributed by atoms with Crippen LogP contribution in [0.2, 0.25) is 0 Å². The Morgan fingerprint density at radius 3 is 2.29 bits per heavy atom. The summed E-state index contributed by atoms with van der Waals surface area (Å²) in [7, 11) is -2.27. The Balaban J connectivity index is 2.03. The molecule has 2 rings (SSSR count). The second kappa shape index (κ2) is 7.59. The molecule has 0 spiro atoms. The third kappa shape index (κ3) is 4.21. The first kappa shape index (κ1) is 18.2. The number of hydrogen-bond acceptors (Lipinski definition) is 3. The van der Waals surface area contributed by atoms with Gasteiger partial charge < -0.3 is 5.32 Å². The van der Waals surface area contributed by atoms with E-state index in [-0.39, 0.29) is 23.4 Å². The van der Waals surface area contributed by atoms with Crippen LogP contribution in [0.5, 0.6) is 0 Å². The molecule has 0 aliphatic carbocycles. The van der Waals surface area contributed by atoms with E-state index in [0.717, 1.165) is 15.4 Å². The molecular formula is C18H22N2O3S. The van der Waals surface area contributed by atoms with Gasteiger partial charge in [0.1, 0.15) is 0 Å². The van der Waals surface area contributed by atoms with Crippen LogP contribution in [0.4, 0.5) is 0 Å². The molecule has 0 saturated carbocycles. The summed E-state index contributed by atoms with van der Waals surface area (Å²) >= 11 is 0. The first-order valence-corrected chi connectivity index (χ1v) is 9.12. The third-order valence-electron chi connectivity index (χ3n) is 3.85. The number of nitrogens with zero attached hydrogens (tertiary/aromatic N) is 1. The van der Waals surface area contributed by atoms with Crippen molar-refractivity contribution in [2.24, 2.45) is 0 Å². The lowest BCUT2D eigenvalue weighted by atomic mass is 10.0. The van der Waals surface area contributed by atoms with E-state index in [1.165, 1.54) is 19.2 Å². The predicted octanol–water partition coefficient (Wildman–Crippen LogP) is 2.49. The molecule has 1 amide bonds. The normalized spacial score (nSPS) is 12.8. The Morgan fingerprint density at radius 1 is 1.08 bits per heavy atom. The lowest BCUT2D eigenvalue weighted by molar-refractivity contribution is -0.121. The molecule has 0 saturated heterocycles. The number of carbonyl (C=O) groups is 1. The van der Waals surface area contributed by atoms with Gasteiger partial charge in [0.05, 0.1) is 17.5 Å². The largest absolute Gasteiger partial charge is 0.348 e. The first-order chi connectivity index (χ1) is 11.3. The molecule has 0 aliphatic rings. The van der Waals surface area contributed by atoms with Gasteiger partial charge in [0, 0.05) is 7.05 Å². The van der Waals surface area contributed by atoms with E-state index >= 15 is 0 Å². The van der Waals surface area contributed by atoms with Crippen molar-refractivity contribution in [3.63, 3.8) is 0 Å². The fraction of sp³-hybridized carbons (Fsp3) is 0.278. The minimum absolute atomic E-state index is 0.173. The maximum absolute atomic E-state index is 12.4. The van der Waals surface area contributed by atoms with Crippen molar-refractivity contribution in [2.45, 2.75) is 24.8 Å². The highest BCUT2D eigenvalue weighted by Gasteiger charge is 2.23. The molecule has 5 nitrogen and oxygen atoms in total. The first-order valence-electron chi connectivity index (χ1n) is 7.68. The van der Waals surface area contributed by atoms with E-state index in [9.17, 15) is 13.2 Å². The topological polar surface area (TPSA) is 66.5 Å². The SMILES string of the molecule is Cc1ccccc1C(C)NC(=O)CN(C)S(=O)(=O)c1ccccc1. The summed E-state index contributed by atoms with van der Waals surface area (Å²) in [6.07, 6.45) is 0. The Labute approximate surface area is 143 Å². The number of hydrogen-bond donors (Lipinski definition) is 1. The molecule has 24 heavy (non-hydrogen) atoms. The lowest BCUT2D eigenvalue weighted by Gasteiger charge is -2.20. The molecule has 6 heteroatoms. The molecule has 0 radical (unpaired) electrons. The molecule has 2 aromatic rings. The second-order valence-corrected chi connectivity index (χ2v) is 7.76. The van der Waals surface area contributed by atoms with Crippen LogP contribution in [0, 0.1) is 6.92 Å². The highest BCUT2D eigenvalue weighted by atomic mass is 32.2. The van der Waals surface area contributed by atoms with Gasteiger partial charge in [-0.25, -0.2) is 8.42 Å². The zero-order valence-electron chi connectivity index (χ0n) is 14.1. The van der Waals surface area contributed by atoms with Gasteiger partial charge >= 0.3 is 0 Å².